The lowest BCUT2D eigenvalue weighted by Gasteiger charge is -2.27. The van der Waals surface area contributed by atoms with Crippen LogP contribution in [0, 0.1) is 0 Å². The molecule has 0 aliphatic carbocycles. The second-order valence-electron chi connectivity index (χ2n) is 8.13. The molecular weight excluding hydrogens is 498 g/mol. The van der Waals surface area contributed by atoms with Gasteiger partial charge in [-0.25, -0.2) is 4.98 Å². The zero-order valence-electron chi connectivity index (χ0n) is 18.8. The van der Waals surface area contributed by atoms with Gasteiger partial charge in [-0.2, -0.15) is 9.78 Å². The van der Waals surface area contributed by atoms with Crippen LogP contribution < -0.4 is 5.56 Å². The predicted octanol–water partition coefficient (Wildman–Crippen LogP) is 3.42. The van der Waals surface area contributed by atoms with Gasteiger partial charge in [0.2, 0.25) is 5.91 Å². The quantitative estimate of drug-likeness (QED) is 0.377. The maximum atomic E-state index is 13.2. The van der Waals surface area contributed by atoms with Crippen molar-refractivity contribution < 1.29 is 9.53 Å². The van der Waals surface area contributed by atoms with Gasteiger partial charge >= 0.3 is 0 Å². The molecule has 1 amide bonds. The molecule has 2 aromatic carbocycles. The van der Waals surface area contributed by atoms with Crippen LogP contribution in [0.25, 0.3) is 21.8 Å². The van der Waals surface area contributed by atoms with Gasteiger partial charge in [0, 0.05) is 46.6 Å². The van der Waals surface area contributed by atoms with Crippen LogP contribution in [0.2, 0.25) is 0 Å². The maximum absolute atomic E-state index is 13.2. The van der Waals surface area contributed by atoms with Crippen molar-refractivity contribution in [1.29, 1.82) is 0 Å². The fourth-order valence-electron chi connectivity index (χ4n) is 4.23. The van der Waals surface area contributed by atoms with Gasteiger partial charge in [0.1, 0.15) is 12.4 Å². The summed E-state index contributed by atoms with van der Waals surface area (Å²) in [4.78, 5) is 32.5. The number of hydrogen-bond donors (Lipinski definition) is 0. The maximum Gasteiger partial charge on any atom is 0.282 e. The Hall–Kier alpha value is -3.30. The van der Waals surface area contributed by atoms with Gasteiger partial charge in [-0.1, -0.05) is 41.1 Å². The smallest absolute Gasteiger partial charge is 0.282 e. The van der Waals surface area contributed by atoms with Crippen molar-refractivity contribution in [2.45, 2.75) is 19.9 Å². The molecule has 0 bridgehead atoms. The van der Waals surface area contributed by atoms with E-state index in [4.69, 9.17) is 4.74 Å². The summed E-state index contributed by atoms with van der Waals surface area (Å²) in [5, 5.41) is 6.00. The Morgan fingerprint density at radius 2 is 1.97 bits per heavy atom. The summed E-state index contributed by atoms with van der Waals surface area (Å²) in [5.41, 5.74) is 2.20. The minimum Gasteiger partial charge on any atom is -0.378 e. The molecule has 0 spiro atoms. The number of aromatic nitrogens is 3. The molecule has 8 nitrogen and oxygen atoms in total. The van der Waals surface area contributed by atoms with Crippen molar-refractivity contribution in [3.05, 3.63) is 74.9 Å². The molecule has 0 unspecified atom stereocenters. The van der Waals surface area contributed by atoms with Gasteiger partial charge in [0.25, 0.3) is 5.56 Å². The highest BCUT2D eigenvalue weighted by Gasteiger charge is 2.18. The Balaban J connectivity index is 1.53. The highest BCUT2D eigenvalue weighted by molar-refractivity contribution is 9.10. The number of para-hydroxylation sites is 1. The van der Waals surface area contributed by atoms with Crippen LogP contribution in [0.5, 0.6) is 0 Å². The number of aryl methyl sites for hydroxylation is 1. The third kappa shape index (κ3) is 4.28. The fourth-order valence-corrected chi connectivity index (χ4v) is 4.59. The van der Waals surface area contributed by atoms with Crippen LogP contribution in [0.3, 0.4) is 0 Å². The number of rotatable bonds is 5. The lowest BCUT2D eigenvalue weighted by Crippen LogP contribution is -2.42. The van der Waals surface area contributed by atoms with E-state index in [-0.39, 0.29) is 18.0 Å². The third-order valence-electron chi connectivity index (χ3n) is 5.99. The first kappa shape index (κ1) is 22.5. The molecule has 0 atom stereocenters. The van der Waals surface area contributed by atoms with Gasteiger partial charge in [0.15, 0.2) is 0 Å². The van der Waals surface area contributed by atoms with Crippen molar-refractivity contribution >= 4 is 49.9 Å². The van der Waals surface area contributed by atoms with Gasteiger partial charge in [-0.15, -0.1) is 0 Å². The summed E-state index contributed by atoms with van der Waals surface area (Å²) < 4.78 is 9.47. The first-order chi connectivity index (χ1) is 16.5. The summed E-state index contributed by atoms with van der Waals surface area (Å²) in [6.07, 6.45) is 4.15. The monoisotopic (exact) mass is 521 g/mol. The first-order valence-electron chi connectivity index (χ1n) is 11.2. The minimum absolute atomic E-state index is 0.0568. The Morgan fingerprint density at radius 3 is 2.76 bits per heavy atom. The summed E-state index contributed by atoms with van der Waals surface area (Å²) in [6, 6.07) is 13.3. The van der Waals surface area contributed by atoms with Crippen LogP contribution in [-0.2, 0) is 22.5 Å². The Labute approximate surface area is 204 Å². The molecule has 4 aromatic rings. The molecule has 2 aromatic heterocycles. The van der Waals surface area contributed by atoms with Gasteiger partial charge in [0.05, 0.1) is 30.3 Å². The van der Waals surface area contributed by atoms with Crippen LogP contribution in [0.4, 0.5) is 0 Å². The molecule has 174 valence electrons. The van der Waals surface area contributed by atoms with E-state index in [0.717, 1.165) is 20.9 Å². The second kappa shape index (κ2) is 9.52. The van der Waals surface area contributed by atoms with Crippen molar-refractivity contribution in [2.75, 3.05) is 26.3 Å². The molecule has 3 heterocycles. The number of ether oxygens (including phenoxy) is 1. The number of hydrogen-bond acceptors (Lipinski definition) is 5. The highest BCUT2D eigenvalue weighted by Crippen LogP contribution is 2.21. The van der Waals surface area contributed by atoms with E-state index in [1.54, 1.807) is 12.3 Å². The first-order valence-corrected chi connectivity index (χ1v) is 12.0. The lowest BCUT2D eigenvalue weighted by molar-refractivity contribution is -0.135. The summed E-state index contributed by atoms with van der Waals surface area (Å²) in [5.74, 6) is 0.642. The average molecular weight is 522 g/mol. The van der Waals surface area contributed by atoms with E-state index in [0.29, 0.717) is 49.5 Å². The molecule has 0 N–H and O–H groups in total. The second-order valence-corrected chi connectivity index (χ2v) is 9.04. The number of benzene rings is 2. The number of carbonyl (C=O) groups excluding carboxylic acids is 1. The summed E-state index contributed by atoms with van der Waals surface area (Å²) >= 11 is 3.43. The number of morpholine rings is 1. The zero-order chi connectivity index (χ0) is 23.7. The molecule has 1 fully saturated rings. The van der Waals surface area contributed by atoms with Crippen LogP contribution >= 0.6 is 15.9 Å². The van der Waals surface area contributed by atoms with Crippen molar-refractivity contribution in [3.8, 4) is 0 Å². The van der Waals surface area contributed by atoms with E-state index in [1.165, 1.54) is 4.68 Å². The van der Waals surface area contributed by atoms with Crippen molar-refractivity contribution in [2.24, 2.45) is 5.10 Å². The molecule has 1 aliphatic rings. The molecule has 0 radical (unpaired) electrons. The topological polar surface area (TPSA) is 81.7 Å². The van der Waals surface area contributed by atoms with E-state index < -0.39 is 0 Å². The Morgan fingerprint density at radius 1 is 1.18 bits per heavy atom. The van der Waals surface area contributed by atoms with E-state index in [9.17, 15) is 9.59 Å². The number of fused-ring (bicyclic) bond motifs is 2. The third-order valence-corrected chi connectivity index (χ3v) is 6.49. The van der Waals surface area contributed by atoms with Gasteiger partial charge in [-0.05, 0) is 24.3 Å². The van der Waals surface area contributed by atoms with E-state index >= 15 is 0 Å². The number of halogens is 1. The van der Waals surface area contributed by atoms with Gasteiger partial charge in [-0.3, -0.25) is 9.59 Å². The lowest BCUT2D eigenvalue weighted by atomic mass is 10.2. The predicted molar refractivity (Wildman–Crippen MR) is 135 cm³/mol. The fraction of sp³-hybridized carbons (Fsp3) is 0.280. The zero-order valence-corrected chi connectivity index (χ0v) is 20.4. The van der Waals surface area contributed by atoms with Crippen LogP contribution in [-0.4, -0.2) is 57.6 Å². The summed E-state index contributed by atoms with van der Waals surface area (Å²) in [6.45, 7) is 4.55. The van der Waals surface area contributed by atoms with E-state index in [1.807, 2.05) is 59.0 Å². The Kier molecular flexibility index (Phi) is 6.30. The average Bonchev–Trinajstić information content (AvgIpc) is 3.21. The van der Waals surface area contributed by atoms with Gasteiger partial charge < -0.3 is 14.2 Å². The molecule has 1 saturated heterocycles. The van der Waals surface area contributed by atoms with Crippen LogP contribution in [0.1, 0.15) is 18.3 Å². The van der Waals surface area contributed by atoms with Crippen molar-refractivity contribution in [1.82, 2.24) is 19.1 Å². The summed E-state index contributed by atoms with van der Waals surface area (Å²) in [7, 11) is 0. The molecule has 9 heteroatoms. The molecule has 5 rings (SSSR count). The molecule has 34 heavy (non-hydrogen) atoms. The number of carbonyl (C=O) groups is 1. The largest absolute Gasteiger partial charge is 0.378 e. The molecule has 1 aliphatic heterocycles. The molecule has 0 saturated carbocycles. The SMILES string of the molecule is CCc1nc2ccc(Br)cc2c(=O)n1N=Cc1cn(CC(=O)N2CCOCC2)c2ccccc12. The van der Waals surface area contributed by atoms with Crippen molar-refractivity contribution in [3.63, 3.8) is 0 Å². The van der Waals surface area contributed by atoms with Crippen LogP contribution in [0.15, 0.2) is 63.0 Å². The van der Waals surface area contributed by atoms with E-state index in [2.05, 4.69) is 26.0 Å². The highest BCUT2D eigenvalue weighted by atomic mass is 79.9. The number of nitrogens with zero attached hydrogens (tertiary/aromatic N) is 5. The molecular formula is C25H24BrN5O3. The standard InChI is InChI=1S/C25H24BrN5O3/c1-2-23-28-21-8-7-18(26)13-20(21)25(33)31(23)27-14-17-15-30(22-6-4-3-5-19(17)22)16-24(32)29-9-11-34-12-10-29/h3-8,13-15H,2,9-12,16H2,1H3. The normalized spacial score (nSPS) is 14.5. The minimum atomic E-state index is -0.217. The number of amides is 1. The Bertz CT molecular complexity index is 1470.